The van der Waals surface area contributed by atoms with Crippen molar-refractivity contribution in [1.29, 1.82) is 0 Å². The molecule has 0 saturated heterocycles. The van der Waals surface area contributed by atoms with Crippen molar-refractivity contribution < 1.29 is 0 Å². The summed E-state index contributed by atoms with van der Waals surface area (Å²) in [6.45, 7) is 0. The highest BCUT2D eigenvalue weighted by molar-refractivity contribution is 8.01. The summed E-state index contributed by atoms with van der Waals surface area (Å²) in [6, 6.07) is 37.5. The van der Waals surface area contributed by atoms with Crippen molar-refractivity contribution in [3.05, 3.63) is 119 Å². The number of hydrogen-bond acceptors (Lipinski definition) is 0. The van der Waals surface area contributed by atoms with E-state index < -0.39 is 7.26 Å². The highest BCUT2D eigenvalue weighted by Gasteiger charge is 2.50. The largest absolute Gasteiger partial charge is 0.147 e. The Morgan fingerprint density at radius 1 is 0.407 bits per heavy atom. The van der Waals surface area contributed by atoms with Crippen LogP contribution >= 0.6 is 30.5 Å². The van der Waals surface area contributed by atoms with Gasteiger partial charge in [-0.25, -0.2) is 0 Å². The van der Waals surface area contributed by atoms with E-state index in [0.29, 0.717) is 10.0 Å². The maximum Gasteiger partial charge on any atom is 0.147 e. The molecule has 0 aliphatic carbocycles. The van der Waals surface area contributed by atoms with Gasteiger partial charge in [0.05, 0.1) is 10.0 Å². The molecule has 0 nitrogen and oxygen atoms in total. The third-order valence-electron chi connectivity index (χ3n) is 4.70. The maximum atomic E-state index is 6.81. The molecule has 0 N–H and O–H groups in total. The third-order valence-corrected chi connectivity index (χ3v) is 9.97. The van der Waals surface area contributed by atoms with Gasteiger partial charge < -0.3 is 0 Å². The lowest BCUT2D eigenvalue weighted by molar-refractivity contribution is 1.70. The first-order valence-electron chi connectivity index (χ1n) is 8.75. The second-order valence-electron chi connectivity index (χ2n) is 6.25. The van der Waals surface area contributed by atoms with E-state index in [0.717, 1.165) is 5.30 Å². The average Bonchev–Trinajstić information content (AvgIpc) is 2.73. The molecule has 132 valence electrons. The quantitative estimate of drug-likeness (QED) is 0.385. The van der Waals surface area contributed by atoms with Gasteiger partial charge in [0.1, 0.15) is 28.5 Å². The molecular weight excluding hydrogens is 390 g/mol. The molecule has 0 bridgehead atoms. The van der Waals surface area contributed by atoms with Gasteiger partial charge in [-0.3, -0.25) is 0 Å². The average molecular weight is 408 g/mol. The van der Waals surface area contributed by atoms with Crippen LogP contribution in [0.5, 0.6) is 0 Å². The maximum absolute atomic E-state index is 6.81. The predicted octanol–water partition coefficient (Wildman–Crippen LogP) is 5.61. The molecule has 3 heteroatoms. The van der Waals surface area contributed by atoms with Crippen molar-refractivity contribution in [3.63, 3.8) is 0 Å². The summed E-state index contributed by atoms with van der Waals surface area (Å²) in [4.78, 5) is 0. The van der Waals surface area contributed by atoms with Gasteiger partial charge in [-0.2, -0.15) is 0 Å². The summed E-state index contributed by atoms with van der Waals surface area (Å²) in [5.74, 6) is 0. The van der Waals surface area contributed by atoms with Gasteiger partial charge >= 0.3 is 0 Å². The normalized spacial score (nSPS) is 11.3. The Bertz CT molecular complexity index is 915. The first kappa shape index (κ1) is 18.3. The second-order valence-corrected chi connectivity index (χ2v) is 10.4. The van der Waals surface area contributed by atoms with Crippen molar-refractivity contribution in [3.8, 4) is 0 Å². The van der Waals surface area contributed by atoms with Crippen LogP contribution in [0.2, 0.25) is 10.0 Å². The van der Waals surface area contributed by atoms with Gasteiger partial charge in [-0.05, 0) is 48.5 Å². The minimum absolute atomic E-state index is 0.701. The van der Waals surface area contributed by atoms with E-state index in [1.807, 2.05) is 36.4 Å². The van der Waals surface area contributed by atoms with Gasteiger partial charge in [-0.1, -0.05) is 83.9 Å². The van der Waals surface area contributed by atoms with Crippen molar-refractivity contribution in [2.45, 2.75) is 0 Å². The van der Waals surface area contributed by atoms with Crippen LogP contribution in [0.25, 0.3) is 0 Å². The van der Waals surface area contributed by atoms with E-state index in [9.17, 15) is 0 Å². The molecule has 4 aromatic carbocycles. The summed E-state index contributed by atoms with van der Waals surface area (Å²) in [5.41, 5.74) is 0. The molecular formula is C24H18Cl2P+. The lowest BCUT2D eigenvalue weighted by Crippen LogP contribution is -2.39. The van der Waals surface area contributed by atoms with Gasteiger partial charge in [0, 0.05) is 0 Å². The molecule has 0 atom stereocenters. The van der Waals surface area contributed by atoms with Crippen molar-refractivity contribution >= 4 is 51.7 Å². The van der Waals surface area contributed by atoms with E-state index >= 15 is 0 Å². The zero-order valence-electron chi connectivity index (χ0n) is 14.6. The van der Waals surface area contributed by atoms with Gasteiger partial charge in [0.15, 0.2) is 0 Å². The highest BCUT2D eigenvalue weighted by atomic mass is 35.5. The van der Waals surface area contributed by atoms with E-state index in [4.69, 9.17) is 23.2 Å². The molecule has 27 heavy (non-hydrogen) atoms. The fourth-order valence-electron chi connectivity index (χ4n) is 3.60. The Morgan fingerprint density at radius 3 is 1.07 bits per heavy atom. The van der Waals surface area contributed by atoms with Crippen LogP contribution in [0.1, 0.15) is 0 Å². The monoisotopic (exact) mass is 407 g/mol. The van der Waals surface area contributed by atoms with E-state index in [1.54, 1.807) is 0 Å². The molecule has 4 rings (SSSR count). The van der Waals surface area contributed by atoms with Gasteiger partial charge in [-0.15, -0.1) is 0 Å². The highest BCUT2D eigenvalue weighted by Crippen LogP contribution is 2.56. The second kappa shape index (κ2) is 7.87. The molecule has 0 heterocycles. The summed E-state index contributed by atoms with van der Waals surface area (Å²) < 4.78 is 0. The van der Waals surface area contributed by atoms with Crippen molar-refractivity contribution in [2.75, 3.05) is 0 Å². The Hall–Kier alpha value is -2.11. The Balaban J connectivity index is 2.21. The number of halogens is 2. The Morgan fingerprint density at radius 2 is 0.741 bits per heavy atom. The summed E-state index contributed by atoms with van der Waals surface area (Å²) in [7, 11) is -2.24. The Kier molecular flexibility index (Phi) is 5.32. The number of benzene rings is 4. The minimum atomic E-state index is -2.24. The van der Waals surface area contributed by atoms with Crippen molar-refractivity contribution in [1.82, 2.24) is 0 Å². The zero-order chi connectivity index (χ0) is 18.7. The summed E-state index contributed by atoms with van der Waals surface area (Å²) in [5, 5.41) is 6.11. The third kappa shape index (κ3) is 3.19. The van der Waals surface area contributed by atoms with Crippen LogP contribution in [-0.2, 0) is 0 Å². The number of hydrogen-bond donors (Lipinski definition) is 0. The molecule has 0 amide bonds. The zero-order valence-corrected chi connectivity index (χ0v) is 17.0. The van der Waals surface area contributed by atoms with E-state index in [-0.39, 0.29) is 0 Å². The fourth-order valence-corrected chi connectivity index (χ4v) is 9.07. The molecule has 4 aromatic rings. The molecule has 0 aliphatic rings. The molecule has 0 radical (unpaired) electrons. The predicted molar refractivity (Wildman–Crippen MR) is 121 cm³/mol. The molecule has 0 aromatic heterocycles. The van der Waals surface area contributed by atoms with Crippen molar-refractivity contribution in [2.24, 2.45) is 0 Å². The first-order valence-corrected chi connectivity index (χ1v) is 11.3. The topological polar surface area (TPSA) is 0 Å². The van der Waals surface area contributed by atoms with Crippen LogP contribution in [-0.4, -0.2) is 0 Å². The van der Waals surface area contributed by atoms with Crippen LogP contribution in [0.4, 0.5) is 0 Å². The minimum Gasteiger partial charge on any atom is -0.0799 e. The smallest absolute Gasteiger partial charge is 0.0799 e. The van der Waals surface area contributed by atoms with Crippen LogP contribution < -0.4 is 21.2 Å². The standard InChI is InChI=1S/C24H18Cl2P/c25-22-17-10-18-23(26)24(22)27(19-11-4-1-5-12-19,20-13-6-2-7-14-20)21-15-8-3-9-16-21/h1-18H/q+1. The molecule has 0 spiro atoms. The molecule has 0 fully saturated rings. The molecule has 0 unspecified atom stereocenters. The van der Waals surface area contributed by atoms with Gasteiger partial charge in [0.2, 0.25) is 0 Å². The molecule has 0 saturated carbocycles. The summed E-state index contributed by atoms with van der Waals surface area (Å²) >= 11 is 13.6. The molecule has 0 aliphatic heterocycles. The van der Waals surface area contributed by atoms with E-state index in [1.165, 1.54) is 15.9 Å². The van der Waals surface area contributed by atoms with Gasteiger partial charge in [0.25, 0.3) is 0 Å². The van der Waals surface area contributed by atoms with Crippen LogP contribution in [0, 0.1) is 0 Å². The van der Waals surface area contributed by atoms with E-state index in [2.05, 4.69) is 72.8 Å². The lowest BCUT2D eigenvalue weighted by Gasteiger charge is -2.28. The van der Waals surface area contributed by atoms with Crippen LogP contribution in [0.3, 0.4) is 0 Å². The Labute approximate surface area is 170 Å². The fraction of sp³-hybridized carbons (Fsp3) is 0. The summed E-state index contributed by atoms with van der Waals surface area (Å²) in [6.07, 6.45) is 0. The lowest BCUT2D eigenvalue weighted by atomic mass is 10.3. The van der Waals surface area contributed by atoms with Crippen LogP contribution in [0.15, 0.2) is 109 Å². The SMILES string of the molecule is Clc1cccc(Cl)c1[P+](c1ccccc1)(c1ccccc1)c1ccccc1. The first-order chi connectivity index (χ1) is 13.2. The number of rotatable bonds is 4.